The first kappa shape index (κ1) is 13.4. The summed E-state index contributed by atoms with van der Waals surface area (Å²) in [5.74, 6) is 0.384. The maximum atomic E-state index is 13.7. The molecule has 1 aliphatic carbocycles. The summed E-state index contributed by atoms with van der Waals surface area (Å²) in [6.45, 7) is 0. The van der Waals surface area contributed by atoms with E-state index in [1.165, 1.54) is 38.2 Å². The van der Waals surface area contributed by atoms with E-state index in [1.807, 2.05) is 6.07 Å². The molecule has 2 unspecified atom stereocenters. The van der Waals surface area contributed by atoms with Crippen molar-refractivity contribution in [2.75, 3.05) is 0 Å². The van der Waals surface area contributed by atoms with Crippen molar-refractivity contribution in [3.8, 4) is 0 Å². The third-order valence-electron chi connectivity index (χ3n) is 3.56. The summed E-state index contributed by atoms with van der Waals surface area (Å²) in [5, 5.41) is 0.475. The van der Waals surface area contributed by atoms with E-state index in [0.29, 0.717) is 15.8 Å². The monoisotopic (exact) mass is 318 g/mol. The standard InChI is InChI=1S/C14H17BrClF/c15-13-5-3-1-2-4-10(13)8-11-6-7-12(16)9-14(11)17/h6-7,9-10,13H,1-5,8H2. The van der Waals surface area contributed by atoms with E-state index >= 15 is 0 Å². The highest BCUT2D eigenvalue weighted by atomic mass is 79.9. The van der Waals surface area contributed by atoms with E-state index in [-0.39, 0.29) is 5.82 Å². The molecule has 0 nitrogen and oxygen atoms in total. The first-order valence-corrected chi connectivity index (χ1v) is 7.54. The number of alkyl halides is 1. The van der Waals surface area contributed by atoms with Crippen LogP contribution in [0.3, 0.4) is 0 Å². The van der Waals surface area contributed by atoms with Gasteiger partial charge < -0.3 is 0 Å². The van der Waals surface area contributed by atoms with Gasteiger partial charge in [-0.3, -0.25) is 0 Å². The molecule has 0 bridgehead atoms. The number of benzene rings is 1. The van der Waals surface area contributed by atoms with Gasteiger partial charge in [-0.2, -0.15) is 0 Å². The van der Waals surface area contributed by atoms with Gasteiger partial charge in [0.2, 0.25) is 0 Å². The zero-order chi connectivity index (χ0) is 12.3. The first-order chi connectivity index (χ1) is 8.16. The maximum Gasteiger partial charge on any atom is 0.127 e. The maximum absolute atomic E-state index is 13.7. The Bertz CT molecular complexity index is 380. The average Bonchev–Trinajstić information content (AvgIpc) is 2.48. The van der Waals surface area contributed by atoms with Crippen molar-refractivity contribution in [1.82, 2.24) is 0 Å². The molecule has 2 atom stereocenters. The normalized spacial score (nSPS) is 25.6. The minimum atomic E-state index is -0.165. The predicted molar refractivity (Wildman–Crippen MR) is 74.4 cm³/mol. The molecule has 0 aliphatic heterocycles. The van der Waals surface area contributed by atoms with Gasteiger partial charge in [0, 0.05) is 9.85 Å². The van der Waals surface area contributed by atoms with Gasteiger partial charge in [-0.1, -0.05) is 52.9 Å². The van der Waals surface area contributed by atoms with Gasteiger partial charge >= 0.3 is 0 Å². The van der Waals surface area contributed by atoms with Crippen molar-refractivity contribution in [3.05, 3.63) is 34.6 Å². The van der Waals surface area contributed by atoms with Crippen molar-refractivity contribution >= 4 is 27.5 Å². The SMILES string of the molecule is Fc1cc(Cl)ccc1CC1CCCCCC1Br. The Kier molecular flexibility index (Phi) is 4.87. The van der Waals surface area contributed by atoms with Crippen molar-refractivity contribution in [3.63, 3.8) is 0 Å². The molecule has 0 saturated heterocycles. The molecular weight excluding hydrogens is 303 g/mol. The van der Waals surface area contributed by atoms with Crippen LogP contribution in [-0.2, 0) is 6.42 Å². The third-order valence-corrected chi connectivity index (χ3v) is 5.00. The number of hydrogen-bond donors (Lipinski definition) is 0. The highest BCUT2D eigenvalue weighted by Crippen LogP contribution is 2.32. The summed E-state index contributed by atoms with van der Waals surface area (Å²) >= 11 is 9.52. The van der Waals surface area contributed by atoms with Crippen molar-refractivity contribution in [2.45, 2.75) is 43.4 Å². The van der Waals surface area contributed by atoms with Gasteiger partial charge in [0.15, 0.2) is 0 Å². The molecule has 1 aliphatic rings. The summed E-state index contributed by atoms with van der Waals surface area (Å²) in [5.41, 5.74) is 0.797. The summed E-state index contributed by atoms with van der Waals surface area (Å²) in [6, 6.07) is 5.01. The quantitative estimate of drug-likeness (QED) is 0.508. The second kappa shape index (κ2) is 6.19. The van der Waals surface area contributed by atoms with Crippen LogP contribution in [0.15, 0.2) is 18.2 Å². The fourth-order valence-electron chi connectivity index (χ4n) is 2.54. The van der Waals surface area contributed by atoms with Crippen LogP contribution in [0.5, 0.6) is 0 Å². The van der Waals surface area contributed by atoms with E-state index in [4.69, 9.17) is 11.6 Å². The van der Waals surface area contributed by atoms with Crippen LogP contribution in [0.2, 0.25) is 5.02 Å². The fraction of sp³-hybridized carbons (Fsp3) is 0.571. The fourth-order valence-corrected chi connectivity index (χ4v) is 3.47. The lowest BCUT2D eigenvalue weighted by atomic mass is 9.92. The molecule has 0 amide bonds. The molecule has 0 radical (unpaired) electrons. The molecule has 1 fully saturated rings. The van der Waals surface area contributed by atoms with Crippen LogP contribution >= 0.6 is 27.5 Å². The Morgan fingerprint density at radius 2 is 2.00 bits per heavy atom. The van der Waals surface area contributed by atoms with Crippen molar-refractivity contribution in [1.29, 1.82) is 0 Å². The topological polar surface area (TPSA) is 0 Å². The molecule has 1 aromatic carbocycles. The Balaban J connectivity index is 2.08. The summed E-state index contributed by atoms with van der Waals surface area (Å²) in [7, 11) is 0. The molecule has 3 heteroatoms. The molecular formula is C14H17BrClF. The summed E-state index contributed by atoms with van der Waals surface area (Å²) < 4.78 is 13.7. The van der Waals surface area contributed by atoms with Crippen molar-refractivity contribution < 1.29 is 4.39 Å². The van der Waals surface area contributed by atoms with E-state index in [9.17, 15) is 4.39 Å². The zero-order valence-corrected chi connectivity index (χ0v) is 12.1. The van der Waals surface area contributed by atoms with Crippen LogP contribution in [0.1, 0.15) is 37.7 Å². The number of rotatable bonds is 2. The van der Waals surface area contributed by atoms with E-state index < -0.39 is 0 Å². The molecule has 0 aromatic heterocycles. The largest absolute Gasteiger partial charge is 0.207 e. The minimum Gasteiger partial charge on any atom is -0.207 e. The molecule has 0 heterocycles. The summed E-state index contributed by atoms with van der Waals surface area (Å²) in [6.07, 6.45) is 7.08. The lowest BCUT2D eigenvalue weighted by molar-refractivity contribution is 0.464. The van der Waals surface area contributed by atoms with E-state index in [2.05, 4.69) is 15.9 Å². The smallest absolute Gasteiger partial charge is 0.127 e. The second-order valence-corrected chi connectivity index (χ2v) is 6.47. The first-order valence-electron chi connectivity index (χ1n) is 6.25. The van der Waals surface area contributed by atoms with E-state index in [0.717, 1.165) is 12.0 Å². The third kappa shape index (κ3) is 3.69. The lowest BCUT2D eigenvalue weighted by Crippen LogP contribution is -2.16. The molecule has 1 saturated carbocycles. The van der Waals surface area contributed by atoms with Gasteiger partial charge in [-0.05, 0) is 42.9 Å². The highest BCUT2D eigenvalue weighted by Gasteiger charge is 2.22. The van der Waals surface area contributed by atoms with Crippen molar-refractivity contribution in [2.24, 2.45) is 5.92 Å². The van der Waals surface area contributed by atoms with Gasteiger partial charge in [0.05, 0.1) is 0 Å². The summed E-state index contributed by atoms with van der Waals surface area (Å²) in [4.78, 5) is 0.528. The Morgan fingerprint density at radius 3 is 2.76 bits per heavy atom. The molecule has 17 heavy (non-hydrogen) atoms. The minimum absolute atomic E-state index is 0.165. The van der Waals surface area contributed by atoms with Crippen LogP contribution < -0.4 is 0 Å². The zero-order valence-electron chi connectivity index (χ0n) is 9.76. The van der Waals surface area contributed by atoms with Gasteiger partial charge in [-0.15, -0.1) is 0 Å². The highest BCUT2D eigenvalue weighted by molar-refractivity contribution is 9.09. The molecule has 0 N–H and O–H groups in total. The molecule has 0 spiro atoms. The van der Waals surface area contributed by atoms with Gasteiger partial charge in [-0.25, -0.2) is 4.39 Å². The van der Waals surface area contributed by atoms with Crippen LogP contribution in [0, 0.1) is 11.7 Å². The average molecular weight is 320 g/mol. The second-order valence-electron chi connectivity index (χ2n) is 4.85. The molecule has 94 valence electrons. The molecule has 1 aromatic rings. The predicted octanol–water partition coefficient (Wildman–Crippen LogP) is 5.37. The van der Waals surface area contributed by atoms with Crippen LogP contribution in [0.4, 0.5) is 4.39 Å². The van der Waals surface area contributed by atoms with Gasteiger partial charge in [0.1, 0.15) is 5.82 Å². The Labute approximate surface area is 116 Å². The Morgan fingerprint density at radius 1 is 1.24 bits per heavy atom. The Hall–Kier alpha value is -0.0800. The van der Waals surface area contributed by atoms with E-state index in [1.54, 1.807) is 6.07 Å². The van der Waals surface area contributed by atoms with Crippen LogP contribution in [-0.4, -0.2) is 4.83 Å². The van der Waals surface area contributed by atoms with Gasteiger partial charge in [0.25, 0.3) is 0 Å². The number of halogens is 3. The number of hydrogen-bond acceptors (Lipinski definition) is 0. The molecule has 2 rings (SSSR count). The lowest BCUT2D eigenvalue weighted by Gasteiger charge is -2.20. The van der Waals surface area contributed by atoms with Crippen LogP contribution in [0.25, 0.3) is 0 Å².